The summed E-state index contributed by atoms with van der Waals surface area (Å²) in [4.78, 5) is 17.6. The van der Waals surface area contributed by atoms with Crippen LogP contribution in [0.2, 0.25) is 0 Å². The first-order valence-corrected chi connectivity index (χ1v) is 12.2. The number of hydrogen-bond acceptors (Lipinski definition) is 5. The number of hydrogen-bond donors (Lipinski definition) is 0. The molecule has 1 amide bonds. The molecule has 160 valence electrons. The number of amides is 1. The van der Waals surface area contributed by atoms with Crippen LogP contribution in [0, 0.1) is 5.92 Å². The quantitative estimate of drug-likeness (QED) is 0.680. The Labute approximate surface area is 183 Å². The summed E-state index contributed by atoms with van der Waals surface area (Å²) in [5.41, 5.74) is 2.65. The number of benzene rings is 1. The molecule has 0 unspecified atom stereocenters. The van der Waals surface area contributed by atoms with Crippen molar-refractivity contribution >= 4 is 23.6 Å². The summed E-state index contributed by atoms with van der Waals surface area (Å²) in [7, 11) is 0. The van der Waals surface area contributed by atoms with E-state index in [9.17, 15) is 4.79 Å². The van der Waals surface area contributed by atoms with Gasteiger partial charge in [-0.15, -0.1) is 10.2 Å². The lowest BCUT2D eigenvalue weighted by Gasteiger charge is -2.31. The number of anilines is 1. The first-order valence-electron chi connectivity index (χ1n) is 11.3. The van der Waals surface area contributed by atoms with Gasteiger partial charge in [-0.1, -0.05) is 43.0 Å². The zero-order valence-electron chi connectivity index (χ0n) is 18.0. The third-order valence-corrected chi connectivity index (χ3v) is 7.74. The molecule has 30 heavy (non-hydrogen) atoms. The monoisotopic (exact) mass is 425 g/mol. The maximum Gasteiger partial charge on any atom is 0.236 e. The van der Waals surface area contributed by atoms with E-state index >= 15 is 0 Å². The van der Waals surface area contributed by atoms with Crippen molar-refractivity contribution in [3.05, 3.63) is 35.4 Å². The smallest absolute Gasteiger partial charge is 0.236 e. The average molecular weight is 426 g/mol. The number of nitrogens with zero attached hydrogens (tertiary/aromatic N) is 5. The van der Waals surface area contributed by atoms with Crippen molar-refractivity contribution in [2.45, 2.75) is 68.9 Å². The summed E-state index contributed by atoms with van der Waals surface area (Å²) >= 11 is 1.58. The highest BCUT2D eigenvalue weighted by molar-refractivity contribution is 8.00. The van der Waals surface area contributed by atoms with Crippen LogP contribution < -0.4 is 4.90 Å². The number of fused-ring (bicyclic) bond motifs is 1. The molecule has 1 saturated carbocycles. The van der Waals surface area contributed by atoms with Crippen molar-refractivity contribution in [3.63, 3.8) is 0 Å². The highest BCUT2D eigenvalue weighted by Crippen LogP contribution is 2.42. The first-order chi connectivity index (χ1) is 14.6. The van der Waals surface area contributed by atoms with E-state index in [-0.39, 0.29) is 11.2 Å². The molecule has 2 fully saturated rings. The van der Waals surface area contributed by atoms with E-state index in [0.717, 1.165) is 43.1 Å². The Hall–Kier alpha value is -2.02. The lowest BCUT2D eigenvalue weighted by molar-refractivity contribution is -0.131. The predicted octanol–water partition coefficient (Wildman–Crippen LogP) is 3.91. The molecule has 0 spiro atoms. The Balaban J connectivity index is 1.29. The van der Waals surface area contributed by atoms with Crippen LogP contribution in [-0.2, 0) is 17.8 Å². The van der Waals surface area contributed by atoms with Crippen LogP contribution in [0.3, 0.4) is 0 Å². The van der Waals surface area contributed by atoms with E-state index < -0.39 is 0 Å². The molecular weight excluding hydrogens is 394 g/mol. The van der Waals surface area contributed by atoms with Gasteiger partial charge >= 0.3 is 0 Å². The predicted molar refractivity (Wildman–Crippen MR) is 120 cm³/mol. The molecule has 1 aromatic carbocycles. The van der Waals surface area contributed by atoms with Crippen molar-refractivity contribution in [3.8, 4) is 0 Å². The summed E-state index contributed by atoms with van der Waals surface area (Å²) in [6.45, 7) is 7.97. The number of carbonyl (C=O) groups is 1. The Kier molecular flexibility index (Phi) is 5.48. The van der Waals surface area contributed by atoms with Gasteiger partial charge in [-0.2, -0.15) is 0 Å². The van der Waals surface area contributed by atoms with E-state index in [0.29, 0.717) is 12.6 Å². The van der Waals surface area contributed by atoms with Crippen LogP contribution in [0.5, 0.6) is 0 Å². The molecule has 1 saturated heterocycles. The van der Waals surface area contributed by atoms with Crippen LogP contribution in [0.1, 0.15) is 56.7 Å². The Morgan fingerprint density at radius 2 is 1.80 bits per heavy atom. The van der Waals surface area contributed by atoms with Gasteiger partial charge in [-0.05, 0) is 56.1 Å². The zero-order valence-corrected chi connectivity index (χ0v) is 18.8. The number of carbonyl (C=O) groups excluding carboxylic acids is 1. The molecule has 1 atom stereocenters. The van der Waals surface area contributed by atoms with Gasteiger partial charge in [0.25, 0.3) is 0 Å². The number of aromatic nitrogens is 3. The largest absolute Gasteiger partial charge is 0.341 e. The standard InChI is InChI=1S/C23H31N5OS/c1-16-9-12-26(13-10-16)22-24-25-23(28(22)20-7-8-20)30-17(2)21(29)27-14-11-18-5-3-4-6-19(18)15-27/h3-6,16-17,20H,7-15H2,1-2H3/t17-/m0/s1. The Morgan fingerprint density at radius 3 is 2.53 bits per heavy atom. The summed E-state index contributed by atoms with van der Waals surface area (Å²) < 4.78 is 2.32. The fraction of sp³-hybridized carbons (Fsp3) is 0.609. The van der Waals surface area contributed by atoms with Crippen LogP contribution in [0.25, 0.3) is 0 Å². The van der Waals surface area contributed by atoms with Crippen molar-refractivity contribution in [2.24, 2.45) is 5.92 Å². The molecule has 7 heteroatoms. The highest BCUT2D eigenvalue weighted by Gasteiger charge is 2.34. The fourth-order valence-corrected chi connectivity index (χ4v) is 5.57. The van der Waals surface area contributed by atoms with Crippen molar-refractivity contribution in [1.29, 1.82) is 0 Å². The lowest BCUT2D eigenvalue weighted by atomic mass is 10.00. The number of rotatable bonds is 5. The van der Waals surface area contributed by atoms with E-state index in [4.69, 9.17) is 0 Å². The molecule has 3 aliphatic rings. The van der Waals surface area contributed by atoms with Crippen molar-refractivity contribution in [2.75, 3.05) is 24.5 Å². The number of piperidine rings is 1. The van der Waals surface area contributed by atoms with E-state index in [1.807, 2.05) is 11.8 Å². The molecular formula is C23H31N5OS. The maximum absolute atomic E-state index is 13.2. The van der Waals surface area contributed by atoms with Gasteiger partial charge in [0.05, 0.1) is 5.25 Å². The van der Waals surface area contributed by atoms with Gasteiger partial charge < -0.3 is 9.80 Å². The highest BCUT2D eigenvalue weighted by atomic mass is 32.2. The van der Waals surface area contributed by atoms with E-state index in [2.05, 4.69) is 50.9 Å². The van der Waals surface area contributed by atoms with Crippen LogP contribution >= 0.6 is 11.8 Å². The van der Waals surface area contributed by atoms with E-state index in [1.165, 1.54) is 36.8 Å². The second-order valence-electron chi connectivity index (χ2n) is 9.09. The SMILES string of the molecule is CC1CCN(c2nnc(S[C@@H](C)C(=O)N3CCc4ccccc4C3)n2C2CC2)CC1. The summed E-state index contributed by atoms with van der Waals surface area (Å²) in [5, 5.41) is 9.86. The molecule has 0 bridgehead atoms. The van der Waals surface area contributed by atoms with Gasteiger partial charge in [0.2, 0.25) is 11.9 Å². The summed E-state index contributed by atoms with van der Waals surface area (Å²) in [5.74, 6) is 2.01. The third-order valence-electron chi connectivity index (χ3n) is 6.70. The topological polar surface area (TPSA) is 54.3 Å². The second kappa shape index (κ2) is 8.25. The lowest BCUT2D eigenvalue weighted by Crippen LogP contribution is -2.40. The summed E-state index contributed by atoms with van der Waals surface area (Å²) in [6, 6.07) is 8.96. The molecule has 0 N–H and O–H groups in total. The molecule has 0 radical (unpaired) electrons. The molecule has 2 aliphatic heterocycles. The van der Waals surface area contributed by atoms with Gasteiger partial charge in [-0.25, -0.2) is 0 Å². The minimum atomic E-state index is -0.161. The minimum Gasteiger partial charge on any atom is -0.341 e. The molecule has 1 aromatic heterocycles. The van der Waals surface area contributed by atoms with Gasteiger partial charge in [-0.3, -0.25) is 9.36 Å². The maximum atomic E-state index is 13.2. The van der Waals surface area contributed by atoms with Crippen LogP contribution in [0.4, 0.5) is 5.95 Å². The van der Waals surface area contributed by atoms with Crippen molar-refractivity contribution < 1.29 is 4.79 Å². The normalized spacial score (nSPS) is 20.9. The van der Waals surface area contributed by atoms with Crippen LogP contribution in [0.15, 0.2) is 29.4 Å². The fourth-order valence-electron chi connectivity index (χ4n) is 4.58. The van der Waals surface area contributed by atoms with Crippen molar-refractivity contribution in [1.82, 2.24) is 19.7 Å². The summed E-state index contributed by atoms with van der Waals surface area (Å²) in [6.07, 6.45) is 5.74. The third kappa shape index (κ3) is 3.96. The molecule has 3 heterocycles. The molecule has 2 aromatic rings. The average Bonchev–Trinajstić information content (AvgIpc) is 3.53. The first kappa shape index (κ1) is 19.9. The van der Waals surface area contributed by atoms with E-state index in [1.54, 1.807) is 11.8 Å². The van der Waals surface area contributed by atoms with Gasteiger partial charge in [0, 0.05) is 32.2 Å². The number of thioether (sulfide) groups is 1. The molecule has 5 rings (SSSR count). The van der Waals surface area contributed by atoms with Gasteiger partial charge in [0.15, 0.2) is 5.16 Å². The molecule has 1 aliphatic carbocycles. The second-order valence-corrected chi connectivity index (χ2v) is 10.4. The Bertz CT molecular complexity index is 916. The van der Waals surface area contributed by atoms with Crippen LogP contribution in [-0.4, -0.2) is 50.5 Å². The Morgan fingerprint density at radius 1 is 1.07 bits per heavy atom. The molecule has 6 nitrogen and oxygen atoms in total. The minimum absolute atomic E-state index is 0.161. The zero-order chi connectivity index (χ0) is 20.7. The van der Waals surface area contributed by atoms with Gasteiger partial charge in [0.1, 0.15) is 0 Å².